The van der Waals surface area contributed by atoms with Crippen molar-refractivity contribution in [2.45, 2.75) is 13.2 Å². The van der Waals surface area contributed by atoms with Crippen LogP contribution in [0.15, 0.2) is 54.6 Å². The molecule has 0 aliphatic carbocycles. The van der Waals surface area contributed by atoms with E-state index in [1.807, 2.05) is 54.6 Å². The molecule has 2 aromatic rings. The average Bonchev–Trinajstić information content (AvgIpc) is 2.78. The average molecular weight is 412 g/mol. The van der Waals surface area contributed by atoms with E-state index in [0.29, 0.717) is 26.2 Å². The zero-order valence-electron chi connectivity index (χ0n) is 16.9. The molecule has 0 aromatic heterocycles. The number of carbonyl (C=O) groups is 2. The van der Waals surface area contributed by atoms with Crippen LogP contribution in [0, 0.1) is 0 Å². The van der Waals surface area contributed by atoms with Crippen LogP contribution in [0.3, 0.4) is 0 Å². The molecule has 8 heteroatoms. The van der Waals surface area contributed by atoms with E-state index in [2.05, 4.69) is 9.64 Å². The van der Waals surface area contributed by atoms with Crippen LogP contribution in [0.4, 0.5) is 10.5 Å². The Labute approximate surface area is 175 Å². The maximum absolute atomic E-state index is 12.3. The Kier molecular flexibility index (Phi) is 7.26. The van der Waals surface area contributed by atoms with Crippen molar-refractivity contribution in [2.75, 3.05) is 38.2 Å². The number of anilines is 1. The second-order valence-corrected chi connectivity index (χ2v) is 6.93. The number of ether oxygens (including phenoxy) is 2. The van der Waals surface area contributed by atoms with Crippen LogP contribution in [-0.2, 0) is 27.4 Å². The molecule has 1 N–H and O–H groups in total. The molecule has 8 nitrogen and oxygen atoms in total. The molecular weight excluding hydrogens is 386 g/mol. The molecule has 2 aromatic carbocycles. The van der Waals surface area contributed by atoms with Crippen LogP contribution in [0.25, 0.3) is 0 Å². The van der Waals surface area contributed by atoms with Crippen molar-refractivity contribution >= 4 is 24.0 Å². The summed E-state index contributed by atoms with van der Waals surface area (Å²) < 4.78 is 10.7. The Balaban J connectivity index is 1.51. The summed E-state index contributed by atoms with van der Waals surface area (Å²) in [5, 5.41) is 9.84. The number of esters is 1. The number of rotatable bonds is 6. The van der Waals surface area contributed by atoms with Crippen LogP contribution in [0.2, 0.25) is 0 Å². The van der Waals surface area contributed by atoms with Gasteiger partial charge in [0.2, 0.25) is 6.54 Å². The third-order valence-corrected chi connectivity index (χ3v) is 4.82. The van der Waals surface area contributed by atoms with Gasteiger partial charge < -0.3 is 19.3 Å². The fraction of sp³-hybridized carbons (Fsp3) is 0.318. The first-order valence-electron chi connectivity index (χ1n) is 9.73. The second kappa shape index (κ2) is 10.3. The molecule has 0 unspecified atom stereocenters. The summed E-state index contributed by atoms with van der Waals surface area (Å²) in [6.45, 7) is 2.93. The first kappa shape index (κ1) is 21.2. The minimum atomic E-state index is -0.621. The molecule has 3 rings (SSSR count). The highest BCUT2D eigenvalue weighted by Gasteiger charge is 2.22. The van der Waals surface area contributed by atoms with E-state index in [0.717, 1.165) is 27.8 Å². The zero-order chi connectivity index (χ0) is 21.3. The molecule has 1 aliphatic rings. The molecule has 1 amide bonds. The fourth-order valence-electron chi connectivity index (χ4n) is 3.22. The van der Waals surface area contributed by atoms with Crippen molar-refractivity contribution in [3.05, 3.63) is 65.7 Å². The van der Waals surface area contributed by atoms with Gasteiger partial charge in [0.15, 0.2) is 0 Å². The summed E-state index contributed by atoms with van der Waals surface area (Å²) in [4.78, 5) is 27.4. The normalized spacial score (nSPS) is 14.4. The lowest BCUT2D eigenvalue weighted by molar-refractivity contribution is -0.783. The Morgan fingerprint density at radius 3 is 2.43 bits per heavy atom. The molecule has 0 spiro atoms. The summed E-state index contributed by atoms with van der Waals surface area (Å²) in [6, 6.07) is 17.3. The minimum Gasteiger partial charge on any atom is -0.461 e. The summed E-state index contributed by atoms with van der Waals surface area (Å²) in [5.74, 6) is -0.621. The molecule has 1 aliphatic heterocycles. The SMILES string of the molecule is COC(=O)/C=[N+](\O)Cc1cccc(N2CCN(C(=O)OCc3ccccc3)CC2)c1. The molecule has 0 bridgehead atoms. The van der Waals surface area contributed by atoms with Gasteiger partial charge in [0, 0.05) is 37.4 Å². The van der Waals surface area contributed by atoms with E-state index >= 15 is 0 Å². The van der Waals surface area contributed by atoms with E-state index in [1.54, 1.807) is 4.90 Å². The molecular formula is C22H26N3O5+. The van der Waals surface area contributed by atoms with Crippen LogP contribution < -0.4 is 4.90 Å². The number of piperazine rings is 1. The summed E-state index contributed by atoms with van der Waals surface area (Å²) in [6.07, 6.45) is 0.688. The van der Waals surface area contributed by atoms with Crippen molar-refractivity contribution in [1.29, 1.82) is 0 Å². The first-order valence-corrected chi connectivity index (χ1v) is 9.73. The van der Waals surface area contributed by atoms with Gasteiger partial charge in [0.25, 0.3) is 6.21 Å². The molecule has 158 valence electrons. The lowest BCUT2D eigenvalue weighted by Crippen LogP contribution is -2.49. The largest absolute Gasteiger partial charge is 0.461 e. The van der Waals surface area contributed by atoms with E-state index in [-0.39, 0.29) is 19.2 Å². The molecule has 30 heavy (non-hydrogen) atoms. The highest BCUT2D eigenvalue weighted by Crippen LogP contribution is 2.19. The van der Waals surface area contributed by atoms with Crippen molar-refractivity contribution in [2.24, 2.45) is 0 Å². The van der Waals surface area contributed by atoms with Crippen molar-refractivity contribution < 1.29 is 29.0 Å². The molecule has 1 heterocycles. The minimum absolute atomic E-state index is 0.161. The van der Waals surface area contributed by atoms with Gasteiger partial charge in [-0.1, -0.05) is 42.5 Å². The number of benzene rings is 2. The van der Waals surface area contributed by atoms with Crippen LogP contribution in [0.1, 0.15) is 11.1 Å². The van der Waals surface area contributed by atoms with Crippen LogP contribution in [-0.4, -0.2) is 66.4 Å². The Hall–Kier alpha value is -3.55. The Bertz CT molecular complexity index is 893. The molecule has 0 radical (unpaired) electrons. The Morgan fingerprint density at radius 1 is 1.03 bits per heavy atom. The maximum atomic E-state index is 12.3. The fourth-order valence-corrected chi connectivity index (χ4v) is 3.22. The van der Waals surface area contributed by atoms with Gasteiger partial charge in [0.05, 0.1) is 7.11 Å². The van der Waals surface area contributed by atoms with E-state index in [4.69, 9.17) is 4.74 Å². The number of hydrogen-bond donors (Lipinski definition) is 1. The van der Waals surface area contributed by atoms with Gasteiger partial charge in [0.1, 0.15) is 6.61 Å². The van der Waals surface area contributed by atoms with E-state index in [9.17, 15) is 14.8 Å². The summed E-state index contributed by atoms with van der Waals surface area (Å²) in [7, 11) is 1.25. The molecule has 0 saturated carbocycles. The molecule has 1 fully saturated rings. The molecule has 0 atom stereocenters. The van der Waals surface area contributed by atoms with Gasteiger partial charge in [-0.15, -0.1) is 0 Å². The van der Waals surface area contributed by atoms with E-state index in [1.165, 1.54) is 7.11 Å². The van der Waals surface area contributed by atoms with Crippen LogP contribution >= 0.6 is 0 Å². The van der Waals surface area contributed by atoms with Crippen molar-refractivity contribution in [3.63, 3.8) is 0 Å². The summed E-state index contributed by atoms with van der Waals surface area (Å²) in [5.41, 5.74) is 2.81. The second-order valence-electron chi connectivity index (χ2n) is 6.93. The smallest absolute Gasteiger partial charge is 0.410 e. The van der Waals surface area contributed by atoms with Crippen molar-refractivity contribution in [3.8, 4) is 0 Å². The Morgan fingerprint density at radius 2 is 1.73 bits per heavy atom. The third kappa shape index (κ3) is 5.97. The van der Waals surface area contributed by atoms with Gasteiger partial charge in [-0.25, -0.2) is 9.59 Å². The first-order chi connectivity index (χ1) is 14.5. The van der Waals surface area contributed by atoms with Crippen LogP contribution in [0.5, 0.6) is 0 Å². The van der Waals surface area contributed by atoms with Gasteiger partial charge in [-0.3, -0.25) is 5.21 Å². The predicted octanol–water partition coefficient (Wildman–Crippen LogP) is 2.29. The van der Waals surface area contributed by atoms with Crippen molar-refractivity contribution in [1.82, 2.24) is 4.90 Å². The topological polar surface area (TPSA) is 82.3 Å². The lowest BCUT2D eigenvalue weighted by atomic mass is 10.1. The number of carbonyl (C=O) groups excluding carboxylic acids is 2. The van der Waals surface area contributed by atoms with Gasteiger partial charge >= 0.3 is 12.1 Å². The number of hydroxylamine groups is 1. The quantitative estimate of drug-likeness (QED) is 0.258. The van der Waals surface area contributed by atoms with Gasteiger partial charge in [-0.05, 0) is 22.4 Å². The summed E-state index contributed by atoms with van der Waals surface area (Å²) >= 11 is 0. The van der Waals surface area contributed by atoms with E-state index < -0.39 is 5.97 Å². The molecule has 1 saturated heterocycles. The highest BCUT2D eigenvalue weighted by atomic mass is 16.6. The number of hydrogen-bond acceptors (Lipinski definition) is 6. The predicted molar refractivity (Wildman–Crippen MR) is 111 cm³/mol. The highest BCUT2D eigenvalue weighted by molar-refractivity contribution is 6.20. The van der Waals surface area contributed by atoms with Gasteiger partial charge in [-0.2, -0.15) is 0 Å². The monoisotopic (exact) mass is 412 g/mol. The maximum Gasteiger partial charge on any atom is 0.410 e. The number of amides is 1. The number of methoxy groups -OCH3 is 1. The third-order valence-electron chi connectivity index (χ3n) is 4.82. The standard InChI is InChI=1S/C22H26N3O5/c1-29-21(26)16-25(28)15-19-8-5-9-20(14-19)23-10-12-24(13-11-23)22(27)30-17-18-6-3-2-4-7-18/h2-9,14,16,28H,10-13,15,17H2,1H3/q+1/b25-16-. The lowest BCUT2D eigenvalue weighted by Gasteiger charge is -2.35. The zero-order valence-corrected chi connectivity index (χ0v) is 16.9. The number of nitrogens with zero attached hydrogens (tertiary/aromatic N) is 3.